The van der Waals surface area contributed by atoms with Gasteiger partial charge in [-0.3, -0.25) is 4.99 Å². The predicted octanol–water partition coefficient (Wildman–Crippen LogP) is 6.25. The summed E-state index contributed by atoms with van der Waals surface area (Å²) in [5, 5.41) is 0. The summed E-state index contributed by atoms with van der Waals surface area (Å²) in [4.78, 5) is 7.21. The fourth-order valence-electron chi connectivity index (χ4n) is 4.31. The summed E-state index contributed by atoms with van der Waals surface area (Å²) in [5.74, 6) is 0.563. The molecule has 0 amide bonds. The SMILES string of the molecule is Cc1ccc(N=Cc2ccc3c(c2)[C@H](C)CC(C)(C)N3C(C)C)cc1. The Morgan fingerprint density at radius 1 is 1.12 bits per heavy atom. The molecule has 3 rings (SSSR count). The van der Waals surface area contributed by atoms with Gasteiger partial charge in [-0.15, -0.1) is 0 Å². The van der Waals surface area contributed by atoms with Gasteiger partial charge in [0.1, 0.15) is 0 Å². The number of benzene rings is 2. The van der Waals surface area contributed by atoms with Crippen LogP contribution in [0, 0.1) is 6.92 Å². The number of anilines is 1. The highest BCUT2D eigenvalue weighted by Crippen LogP contribution is 2.44. The number of hydrogen-bond donors (Lipinski definition) is 0. The summed E-state index contributed by atoms with van der Waals surface area (Å²) >= 11 is 0. The molecule has 0 aromatic heterocycles. The van der Waals surface area contributed by atoms with Gasteiger partial charge < -0.3 is 4.90 Å². The largest absolute Gasteiger partial charge is 0.364 e. The third kappa shape index (κ3) is 3.63. The average molecular weight is 335 g/mol. The van der Waals surface area contributed by atoms with Crippen LogP contribution in [0.1, 0.15) is 63.6 Å². The molecule has 2 aromatic rings. The number of aryl methyl sites for hydroxylation is 1. The maximum atomic E-state index is 4.64. The van der Waals surface area contributed by atoms with Gasteiger partial charge in [0, 0.05) is 23.5 Å². The van der Waals surface area contributed by atoms with Crippen molar-refractivity contribution in [2.75, 3.05) is 4.90 Å². The molecule has 0 saturated heterocycles. The van der Waals surface area contributed by atoms with Crippen molar-refractivity contribution in [3.63, 3.8) is 0 Å². The summed E-state index contributed by atoms with van der Waals surface area (Å²) in [5.41, 5.74) is 6.46. The summed E-state index contributed by atoms with van der Waals surface area (Å²) in [6, 6.07) is 15.6. The van der Waals surface area contributed by atoms with Gasteiger partial charge in [-0.1, -0.05) is 30.7 Å². The minimum atomic E-state index is 0.193. The normalized spacial score (nSPS) is 19.5. The highest BCUT2D eigenvalue weighted by molar-refractivity contribution is 5.83. The van der Waals surface area contributed by atoms with Crippen molar-refractivity contribution in [3.05, 3.63) is 59.2 Å². The quantitative estimate of drug-likeness (QED) is 0.606. The van der Waals surface area contributed by atoms with Gasteiger partial charge in [0.2, 0.25) is 0 Å². The van der Waals surface area contributed by atoms with E-state index in [0.717, 1.165) is 5.69 Å². The smallest absolute Gasteiger partial charge is 0.0630 e. The molecule has 0 aliphatic carbocycles. The van der Waals surface area contributed by atoms with Gasteiger partial charge in [0.05, 0.1) is 5.69 Å². The summed E-state index contributed by atoms with van der Waals surface area (Å²) < 4.78 is 0. The van der Waals surface area contributed by atoms with E-state index in [0.29, 0.717) is 12.0 Å². The molecular formula is C23H30N2. The van der Waals surface area contributed by atoms with Crippen molar-refractivity contribution in [3.8, 4) is 0 Å². The first-order valence-corrected chi connectivity index (χ1v) is 9.32. The molecule has 1 aliphatic rings. The zero-order valence-electron chi connectivity index (χ0n) is 16.4. The van der Waals surface area contributed by atoms with Crippen LogP contribution in [0.5, 0.6) is 0 Å². The van der Waals surface area contributed by atoms with E-state index in [9.17, 15) is 0 Å². The Kier molecular flexibility index (Phi) is 4.73. The Hall–Kier alpha value is -2.09. The van der Waals surface area contributed by atoms with Crippen molar-refractivity contribution in [1.29, 1.82) is 0 Å². The van der Waals surface area contributed by atoms with Crippen LogP contribution in [0.2, 0.25) is 0 Å². The first kappa shape index (κ1) is 17.7. The van der Waals surface area contributed by atoms with Crippen LogP contribution in [0.4, 0.5) is 11.4 Å². The molecule has 25 heavy (non-hydrogen) atoms. The number of hydrogen-bond acceptors (Lipinski definition) is 2. The maximum absolute atomic E-state index is 4.64. The Bertz CT molecular complexity index is 769. The second-order valence-electron chi connectivity index (χ2n) is 8.29. The van der Waals surface area contributed by atoms with Crippen molar-refractivity contribution in [2.45, 2.75) is 65.5 Å². The van der Waals surface area contributed by atoms with Crippen LogP contribution < -0.4 is 4.90 Å². The maximum Gasteiger partial charge on any atom is 0.0630 e. The second kappa shape index (κ2) is 6.67. The molecule has 2 nitrogen and oxygen atoms in total. The van der Waals surface area contributed by atoms with E-state index in [2.05, 4.69) is 93.9 Å². The zero-order valence-corrected chi connectivity index (χ0v) is 16.4. The lowest BCUT2D eigenvalue weighted by Crippen LogP contribution is -2.51. The van der Waals surface area contributed by atoms with Crippen LogP contribution in [0.3, 0.4) is 0 Å². The lowest BCUT2D eigenvalue weighted by Gasteiger charge is -2.50. The van der Waals surface area contributed by atoms with Crippen LogP contribution in [0.25, 0.3) is 0 Å². The summed E-state index contributed by atoms with van der Waals surface area (Å²) in [6.07, 6.45) is 3.16. The number of aliphatic imine (C=N–C) groups is 1. The van der Waals surface area contributed by atoms with Crippen LogP contribution in [0.15, 0.2) is 47.5 Å². The molecule has 2 aromatic carbocycles. The molecule has 0 N–H and O–H groups in total. The van der Waals surface area contributed by atoms with Gasteiger partial charge >= 0.3 is 0 Å². The molecule has 132 valence electrons. The summed E-state index contributed by atoms with van der Waals surface area (Å²) in [6.45, 7) is 13.7. The van der Waals surface area contributed by atoms with E-state index in [1.807, 2.05) is 6.21 Å². The van der Waals surface area contributed by atoms with Crippen molar-refractivity contribution < 1.29 is 0 Å². The Balaban J connectivity index is 1.93. The minimum absolute atomic E-state index is 0.193. The molecule has 1 aliphatic heterocycles. The van der Waals surface area contributed by atoms with Crippen molar-refractivity contribution in [1.82, 2.24) is 0 Å². The molecule has 0 fully saturated rings. The number of fused-ring (bicyclic) bond motifs is 1. The standard InChI is InChI=1S/C23H30N2/c1-16(2)25-22-12-9-19(13-21(22)18(4)14-23(25,5)6)15-24-20-10-7-17(3)8-11-20/h7-13,15-16,18H,14H2,1-6H3/t18-/m1/s1. The van der Waals surface area contributed by atoms with Crippen LogP contribution in [-0.4, -0.2) is 17.8 Å². The molecule has 0 spiro atoms. The topological polar surface area (TPSA) is 15.6 Å². The zero-order chi connectivity index (χ0) is 18.2. The van der Waals surface area contributed by atoms with Gasteiger partial charge in [-0.2, -0.15) is 0 Å². The molecule has 0 saturated carbocycles. The highest BCUT2D eigenvalue weighted by atomic mass is 15.2. The van der Waals surface area contributed by atoms with Crippen molar-refractivity contribution in [2.24, 2.45) is 4.99 Å². The average Bonchev–Trinajstić information content (AvgIpc) is 2.53. The second-order valence-corrected chi connectivity index (χ2v) is 8.29. The van der Waals surface area contributed by atoms with Gasteiger partial charge in [-0.25, -0.2) is 0 Å². The Labute approximate surface area is 152 Å². The highest BCUT2D eigenvalue weighted by Gasteiger charge is 2.37. The number of nitrogens with zero attached hydrogens (tertiary/aromatic N) is 2. The molecule has 1 heterocycles. The first-order chi connectivity index (χ1) is 11.8. The van der Waals surface area contributed by atoms with Gasteiger partial charge in [-0.05, 0) is 82.3 Å². The van der Waals surface area contributed by atoms with Crippen LogP contribution in [-0.2, 0) is 0 Å². The lowest BCUT2D eigenvalue weighted by molar-refractivity contribution is 0.356. The van der Waals surface area contributed by atoms with E-state index >= 15 is 0 Å². The molecule has 2 heteroatoms. The Morgan fingerprint density at radius 2 is 1.80 bits per heavy atom. The minimum Gasteiger partial charge on any atom is -0.364 e. The molecular weight excluding hydrogens is 304 g/mol. The van der Waals surface area contributed by atoms with Gasteiger partial charge in [0.25, 0.3) is 0 Å². The van der Waals surface area contributed by atoms with Crippen LogP contribution >= 0.6 is 0 Å². The molecule has 1 atom stereocenters. The van der Waals surface area contributed by atoms with Crippen molar-refractivity contribution >= 4 is 17.6 Å². The predicted molar refractivity (Wildman–Crippen MR) is 110 cm³/mol. The molecule has 0 radical (unpaired) electrons. The third-order valence-electron chi connectivity index (χ3n) is 5.21. The summed E-state index contributed by atoms with van der Waals surface area (Å²) in [7, 11) is 0. The van der Waals surface area contributed by atoms with E-state index < -0.39 is 0 Å². The van der Waals surface area contributed by atoms with E-state index in [1.54, 1.807) is 0 Å². The third-order valence-corrected chi connectivity index (χ3v) is 5.21. The first-order valence-electron chi connectivity index (χ1n) is 9.32. The van der Waals surface area contributed by atoms with E-state index in [4.69, 9.17) is 0 Å². The van der Waals surface area contributed by atoms with Gasteiger partial charge in [0.15, 0.2) is 0 Å². The fraction of sp³-hybridized carbons (Fsp3) is 0.435. The number of rotatable bonds is 3. The van der Waals surface area contributed by atoms with E-state index in [-0.39, 0.29) is 5.54 Å². The molecule has 0 unspecified atom stereocenters. The molecule has 0 bridgehead atoms. The lowest BCUT2D eigenvalue weighted by atomic mass is 9.79. The van der Waals surface area contributed by atoms with E-state index in [1.165, 1.54) is 28.8 Å². The monoisotopic (exact) mass is 334 g/mol. The fourth-order valence-corrected chi connectivity index (χ4v) is 4.31. The Morgan fingerprint density at radius 3 is 2.44 bits per heavy atom.